The van der Waals surface area contributed by atoms with Crippen molar-refractivity contribution in [1.82, 2.24) is 0 Å². The first-order chi connectivity index (χ1) is 6.90. The fraction of sp³-hybridized carbons (Fsp3) is 1.00. The van der Waals surface area contributed by atoms with Crippen molar-refractivity contribution in [3.63, 3.8) is 0 Å². The van der Waals surface area contributed by atoms with Crippen LogP contribution in [0.3, 0.4) is 0 Å². The first-order valence-electron chi connectivity index (χ1n) is 6.90. The van der Waals surface area contributed by atoms with Gasteiger partial charge in [0.2, 0.25) is 0 Å². The van der Waals surface area contributed by atoms with Gasteiger partial charge in [-0.05, 0) is 23.7 Å². The standard InChI is InChI=1S/C15H32/c1-7-8-9-10-11-14(4)15(5,6)12-13(2)3/h13-14H,7-12H2,1-6H3. The van der Waals surface area contributed by atoms with Crippen LogP contribution in [0.15, 0.2) is 0 Å². The zero-order valence-electron chi connectivity index (χ0n) is 11.9. The Morgan fingerprint density at radius 1 is 0.933 bits per heavy atom. The van der Waals surface area contributed by atoms with E-state index in [1.165, 1.54) is 38.5 Å². The quantitative estimate of drug-likeness (QED) is 0.455. The summed E-state index contributed by atoms with van der Waals surface area (Å²) >= 11 is 0. The molecule has 0 aromatic carbocycles. The summed E-state index contributed by atoms with van der Waals surface area (Å²) < 4.78 is 0. The monoisotopic (exact) mass is 212 g/mol. The summed E-state index contributed by atoms with van der Waals surface area (Å²) in [6, 6.07) is 0. The highest BCUT2D eigenvalue weighted by molar-refractivity contribution is 4.76. The van der Waals surface area contributed by atoms with Gasteiger partial charge in [0.25, 0.3) is 0 Å². The molecule has 0 nitrogen and oxygen atoms in total. The average molecular weight is 212 g/mol. The van der Waals surface area contributed by atoms with Gasteiger partial charge >= 0.3 is 0 Å². The van der Waals surface area contributed by atoms with Gasteiger partial charge in [-0.3, -0.25) is 0 Å². The maximum Gasteiger partial charge on any atom is -0.0326 e. The predicted molar refractivity (Wildman–Crippen MR) is 71.2 cm³/mol. The Labute approximate surface area is 97.8 Å². The van der Waals surface area contributed by atoms with Crippen LogP contribution < -0.4 is 0 Å². The first-order valence-corrected chi connectivity index (χ1v) is 6.90. The zero-order chi connectivity index (χ0) is 11.9. The molecule has 0 saturated heterocycles. The molecule has 0 N–H and O–H groups in total. The highest BCUT2D eigenvalue weighted by Crippen LogP contribution is 2.36. The molecule has 1 unspecified atom stereocenters. The second-order valence-electron chi connectivity index (χ2n) is 6.34. The van der Waals surface area contributed by atoms with Crippen LogP contribution in [0.2, 0.25) is 0 Å². The highest BCUT2D eigenvalue weighted by Gasteiger charge is 2.25. The minimum atomic E-state index is 0.528. The third-order valence-corrected chi connectivity index (χ3v) is 3.76. The Balaban J connectivity index is 3.80. The van der Waals surface area contributed by atoms with E-state index in [1.54, 1.807) is 0 Å². The Hall–Kier alpha value is 0. The maximum atomic E-state index is 2.44. The maximum absolute atomic E-state index is 2.44. The molecule has 0 spiro atoms. The van der Waals surface area contributed by atoms with Crippen molar-refractivity contribution < 1.29 is 0 Å². The Kier molecular flexibility index (Phi) is 7.30. The molecule has 0 rings (SSSR count). The van der Waals surface area contributed by atoms with Gasteiger partial charge in [0.05, 0.1) is 0 Å². The van der Waals surface area contributed by atoms with Crippen LogP contribution in [0.1, 0.15) is 80.1 Å². The molecule has 15 heavy (non-hydrogen) atoms. The van der Waals surface area contributed by atoms with E-state index in [0.717, 1.165) is 11.8 Å². The molecular formula is C15H32. The first kappa shape index (κ1) is 15.0. The molecule has 0 heterocycles. The number of rotatable bonds is 8. The summed E-state index contributed by atoms with van der Waals surface area (Å²) in [7, 11) is 0. The molecule has 92 valence electrons. The summed E-state index contributed by atoms with van der Waals surface area (Å²) in [5.74, 6) is 1.70. The van der Waals surface area contributed by atoms with E-state index in [1.807, 2.05) is 0 Å². The van der Waals surface area contributed by atoms with Crippen LogP contribution in [0.5, 0.6) is 0 Å². The summed E-state index contributed by atoms with van der Waals surface area (Å²) in [6.07, 6.45) is 8.40. The van der Waals surface area contributed by atoms with Gasteiger partial charge in [0.15, 0.2) is 0 Å². The van der Waals surface area contributed by atoms with Crippen LogP contribution in [-0.2, 0) is 0 Å². The van der Waals surface area contributed by atoms with Crippen molar-refractivity contribution in [2.75, 3.05) is 0 Å². The third-order valence-electron chi connectivity index (χ3n) is 3.76. The van der Waals surface area contributed by atoms with Crippen LogP contribution in [-0.4, -0.2) is 0 Å². The van der Waals surface area contributed by atoms with Gasteiger partial charge in [-0.25, -0.2) is 0 Å². The van der Waals surface area contributed by atoms with E-state index >= 15 is 0 Å². The second-order valence-corrected chi connectivity index (χ2v) is 6.34. The van der Waals surface area contributed by atoms with Gasteiger partial charge < -0.3 is 0 Å². The fourth-order valence-electron chi connectivity index (χ4n) is 2.52. The normalized spacial score (nSPS) is 14.6. The van der Waals surface area contributed by atoms with E-state index in [9.17, 15) is 0 Å². The van der Waals surface area contributed by atoms with E-state index in [2.05, 4.69) is 41.5 Å². The molecule has 0 saturated carbocycles. The minimum Gasteiger partial charge on any atom is -0.0654 e. The lowest BCUT2D eigenvalue weighted by Gasteiger charge is -2.33. The molecule has 0 radical (unpaired) electrons. The zero-order valence-corrected chi connectivity index (χ0v) is 11.9. The third kappa shape index (κ3) is 6.98. The van der Waals surface area contributed by atoms with Crippen molar-refractivity contribution in [1.29, 1.82) is 0 Å². The average Bonchev–Trinajstić information content (AvgIpc) is 2.10. The molecule has 0 aromatic rings. The smallest absolute Gasteiger partial charge is 0.0326 e. The molecule has 0 aliphatic rings. The molecule has 0 aliphatic heterocycles. The number of hydrogen-bond donors (Lipinski definition) is 0. The van der Waals surface area contributed by atoms with E-state index in [-0.39, 0.29) is 0 Å². The van der Waals surface area contributed by atoms with Crippen molar-refractivity contribution in [3.05, 3.63) is 0 Å². The van der Waals surface area contributed by atoms with E-state index < -0.39 is 0 Å². The SMILES string of the molecule is CCCCCCC(C)C(C)(C)CC(C)C. The molecule has 0 heteroatoms. The van der Waals surface area contributed by atoms with Gasteiger partial charge in [-0.15, -0.1) is 0 Å². The highest BCUT2D eigenvalue weighted by atomic mass is 14.3. The molecule has 0 fully saturated rings. The van der Waals surface area contributed by atoms with Crippen LogP contribution >= 0.6 is 0 Å². The molecule has 0 aliphatic carbocycles. The topological polar surface area (TPSA) is 0 Å². The lowest BCUT2D eigenvalue weighted by atomic mass is 9.72. The lowest BCUT2D eigenvalue weighted by Crippen LogP contribution is -2.23. The number of unbranched alkanes of at least 4 members (excludes halogenated alkanes) is 3. The molecular weight excluding hydrogens is 180 g/mol. The van der Waals surface area contributed by atoms with Gasteiger partial charge in [0.1, 0.15) is 0 Å². The van der Waals surface area contributed by atoms with Crippen LogP contribution in [0.4, 0.5) is 0 Å². The summed E-state index contributed by atoms with van der Waals surface area (Å²) in [6.45, 7) is 14.3. The predicted octanol–water partition coefficient (Wildman–Crippen LogP) is 5.67. The Morgan fingerprint density at radius 3 is 2.00 bits per heavy atom. The lowest BCUT2D eigenvalue weighted by molar-refractivity contribution is 0.172. The van der Waals surface area contributed by atoms with Crippen molar-refractivity contribution in [2.45, 2.75) is 80.1 Å². The van der Waals surface area contributed by atoms with Gasteiger partial charge in [-0.2, -0.15) is 0 Å². The molecule has 1 atom stereocenters. The van der Waals surface area contributed by atoms with Crippen molar-refractivity contribution in [2.24, 2.45) is 17.3 Å². The second kappa shape index (κ2) is 7.30. The molecule has 0 amide bonds. The van der Waals surface area contributed by atoms with Crippen molar-refractivity contribution >= 4 is 0 Å². The number of hydrogen-bond acceptors (Lipinski definition) is 0. The summed E-state index contributed by atoms with van der Waals surface area (Å²) in [4.78, 5) is 0. The van der Waals surface area contributed by atoms with E-state index in [0.29, 0.717) is 5.41 Å². The van der Waals surface area contributed by atoms with E-state index in [4.69, 9.17) is 0 Å². The molecule has 0 aromatic heterocycles. The Morgan fingerprint density at radius 2 is 1.53 bits per heavy atom. The van der Waals surface area contributed by atoms with Gasteiger partial charge in [0, 0.05) is 0 Å². The van der Waals surface area contributed by atoms with Crippen molar-refractivity contribution in [3.8, 4) is 0 Å². The largest absolute Gasteiger partial charge is 0.0654 e. The summed E-state index contributed by atoms with van der Waals surface area (Å²) in [5.41, 5.74) is 0.528. The summed E-state index contributed by atoms with van der Waals surface area (Å²) in [5, 5.41) is 0. The minimum absolute atomic E-state index is 0.528. The Bertz CT molecular complexity index is 144. The molecule has 0 bridgehead atoms. The van der Waals surface area contributed by atoms with Gasteiger partial charge in [-0.1, -0.05) is 73.6 Å². The fourth-order valence-corrected chi connectivity index (χ4v) is 2.52. The van der Waals surface area contributed by atoms with Crippen LogP contribution in [0, 0.1) is 17.3 Å². The van der Waals surface area contributed by atoms with Crippen LogP contribution in [0.25, 0.3) is 0 Å².